The van der Waals surface area contributed by atoms with Crippen LogP contribution in [0.15, 0.2) is 30.5 Å². The summed E-state index contributed by atoms with van der Waals surface area (Å²) in [4.78, 5) is 28.1. The Morgan fingerprint density at radius 1 is 1.23 bits per heavy atom. The van der Waals surface area contributed by atoms with Gasteiger partial charge in [-0.2, -0.15) is 13.9 Å². The van der Waals surface area contributed by atoms with E-state index in [2.05, 4.69) is 20.1 Å². The molecule has 2 heterocycles. The largest absolute Gasteiger partial charge is 0.481 e. The number of nitrogens with one attached hydrogen (secondary N) is 1. The molecule has 0 spiro atoms. The molecule has 1 saturated heterocycles. The normalized spacial score (nSPS) is 21.9. The molecule has 2 aromatic rings. The molecule has 39 heavy (non-hydrogen) atoms. The molecule has 1 aromatic heterocycles. The molecule has 2 N–H and O–H groups in total. The Morgan fingerprint density at radius 3 is 2.51 bits per heavy atom. The van der Waals surface area contributed by atoms with Crippen LogP contribution in [0.3, 0.4) is 0 Å². The van der Waals surface area contributed by atoms with Crippen molar-refractivity contribution < 1.29 is 33.0 Å². The number of hydrogen-bond donors (Lipinski definition) is 2. The lowest BCUT2D eigenvalue weighted by atomic mass is 9.73. The summed E-state index contributed by atoms with van der Waals surface area (Å²) in [6, 6.07) is 6.01. The summed E-state index contributed by atoms with van der Waals surface area (Å²) in [5.74, 6) is -1.86. The molecule has 1 unspecified atom stereocenters. The highest BCUT2D eigenvalue weighted by atomic mass is 35.5. The maximum Gasteiger partial charge on any atom is 0.387 e. The quantitative estimate of drug-likeness (QED) is 0.400. The second-order valence-corrected chi connectivity index (χ2v) is 11.1. The number of carboxylic acid groups (broad SMARTS) is 1. The highest BCUT2D eigenvalue weighted by Crippen LogP contribution is 2.39. The number of alkyl halides is 2. The van der Waals surface area contributed by atoms with Gasteiger partial charge < -0.3 is 24.8 Å². The monoisotopic (exact) mass is 568 g/mol. The molecule has 1 atom stereocenters. The summed E-state index contributed by atoms with van der Waals surface area (Å²) in [7, 11) is 1.64. The number of anilines is 1. The molecule has 9 nitrogen and oxygen atoms in total. The van der Waals surface area contributed by atoms with Crippen LogP contribution in [0.1, 0.15) is 51.1 Å². The van der Waals surface area contributed by atoms with Gasteiger partial charge in [-0.3, -0.25) is 14.3 Å². The number of halogens is 3. The minimum absolute atomic E-state index is 0.0549. The number of benzene rings is 1. The molecule has 2 fully saturated rings. The van der Waals surface area contributed by atoms with Crippen LogP contribution in [0.5, 0.6) is 5.75 Å². The molecule has 4 rings (SSSR count). The molecule has 0 bridgehead atoms. The van der Waals surface area contributed by atoms with Crippen LogP contribution in [-0.4, -0.2) is 71.1 Å². The zero-order valence-corrected chi connectivity index (χ0v) is 23.0. The van der Waals surface area contributed by atoms with Crippen LogP contribution in [0, 0.1) is 11.8 Å². The van der Waals surface area contributed by atoms with Crippen LogP contribution in [0.2, 0.25) is 5.02 Å². The minimum atomic E-state index is -3.09. The van der Waals surface area contributed by atoms with Gasteiger partial charge >= 0.3 is 12.6 Å². The van der Waals surface area contributed by atoms with E-state index >= 15 is 0 Å². The van der Waals surface area contributed by atoms with Gasteiger partial charge in [0.2, 0.25) is 0 Å². The first kappa shape index (κ1) is 29.2. The van der Waals surface area contributed by atoms with Crippen molar-refractivity contribution in [3.05, 3.63) is 41.2 Å². The summed E-state index contributed by atoms with van der Waals surface area (Å²) in [6.45, 7) is 2.24. The van der Waals surface area contributed by atoms with E-state index in [0.717, 1.165) is 18.5 Å². The number of piperidine rings is 1. The summed E-state index contributed by atoms with van der Waals surface area (Å²) >= 11 is 5.98. The second kappa shape index (κ2) is 12.2. The average molecular weight is 569 g/mol. The van der Waals surface area contributed by atoms with Gasteiger partial charge in [0.25, 0.3) is 5.91 Å². The van der Waals surface area contributed by atoms with Gasteiger partial charge in [-0.1, -0.05) is 25.4 Å². The molecule has 1 aliphatic heterocycles. The van der Waals surface area contributed by atoms with E-state index in [1.165, 1.54) is 18.2 Å². The lowest BCUT2D eigenvalue weighted by Crippen LogP contribution is -2.55. The van der Waals surface area contributed by atoms with Crippen molar-refractivity contribution >= 4 is 29.2 Å². The van der Waals surface area contributed by atoms with Crippen molar-refractivity contribution in [2.24, 2.45) is 11.8 Å². The van der Waals surface area contributed by atoms with Crippen LogP contribution in [-0.2, 0) is 19.9 Å². The molecule has 2 aliphatic rings. The number of ether oxygens (including phenoxy) is 2. The van der Waals surface area contributed by atoms with Gasteiger partial charge in [0, 0.05) is 49.7 Å². The Bertz CT molecular complexity index is 1160. The van der Waals surface area contributed by atoms with Gasteiger partial charge in [-0.25, -0.2) is 0 Å². The van der Waals surface area contributed by atoms with Crippen molar-refractivity contribution in [2.75, 3.05) is 32.1 Å². The van der Waals surface area contributed by atoms with Crippen molar-refractivity contribution in [3.63, 3.8) is 0 Å². The zero-order valence-electron chi connectivity index (χ0n) is 22.3. The summed E-state index contributed by atoms with van der Waals surface area (Å²) in [5.41, 5.74) is -0.173. The number of likely N-dealkylation sites (tertiary alicyclic amines) is 1. The van der Waals surface area contributed by atoms with Crippen molar-refractivity contribution in [3.8, 4) is 5.75 Å². The predicted molar refractivity (Wildman–Crippen MR) is 141 cm³/mol. The van der Waals surface area contributed by atoms with Gasteiger partial charge in [0.1, 0.15) is 5.54 Å². The third kappa shape index (κ3) is 6.36. The number of hydrogen-bond acceptors (Lipinski definition) is 6. The first-order chi connectivity index (χ1) is 18.5. The van der Waals surface area contributed by atoms with E-state index in [1.54, 1.807) is 18.0 Å². The van der Waals surface area contributed by atoms with Gasteiger partial charge in [0.05, 0.1) is 17.7 Å². The first-order valence-corrected chi connectivity index (χ1v) is 13.5. The average Bonchev–Trinajstić information content (AvgIpc) is 3.35. The van der Waals surface area contributed by atoms with Crippen molar-refractivity contribution in [1.82, 2.24) is 14.7 Å². The van der Waals surface area contributed by atoms with E-state index < -0.39 is 29.9 Å². The number of methoxy groups -OCH3 is 1. The number of rotatable bonds is 11. The van der Waals surface area contributed by atoms with E-state index in [4.69, 9.17) is 16.3 Å². The third-order valence-electron chi connectivity index (χ3n) is 7.99. The lowest BCUT2D eigenvalue weighted by Gasteiger charge is -2.44. The predicted octanol–water partition coefficient (Wildman–Crippen LogP) is 4.82. The number of carbonyl (C=O) groups is 2. The van der Waals surface area contributed by atoms with E-state index in [0.29, 0.717) is 32.5 Å². The molecule has 1 aliphatic carbocycles. The summed E-state index contributed by atoms with van der Waals surface area (Å²) in [5, 5.41) is 17.4. The molecular weight excluding hydrogens is 534 g/mol. The Labute approximate surface area is 231 Å². The fraction of sp³-hybridized carbons (Fsp3) is 0.593. The zero-order chi connectivity index (χ0) is 28.3. The summed E-state index contributed by atoms with van der Waals surface area (Å²) in [6.07, 6.45) is 3.92. The SMILES string of the molecule is COC1CC(C(CN2CCC(C(=O)Nc3ccc(Cl)cc3OC(F)F)(n3nccc3C(C)C)CC2)C(=O)O)C1. The van der Waals surface area contributed by atoms with E-state index in [-0.39, 0.29) is 34.4 Å². The number of nitrogens with zero attached hydrogens (tertiary/aromatic N) is 3. The molecule has 12 heteroatoms. The van der Waals surface area contributed by atoms with Crippen molar-refractivity contribution in [2.45, 2.75) is 63.7 Å². The van der Waals surface area contributed by atoms with E-state index in [9.17, 15) is 23.5 Å². The standard InChI is InChI=1S/C27H35ClF2N4O5/c1-16(2)22-6-9-31-34(22)27(25(37)32-21-5-4-18(28)14-23(21)39-26(29)30)7-10-33(11-8-27)15-20(24(35)36)17-12-19(13-17)38-3/h4-6,9,14,16-17,19-20,26H,7-8,10-13,15H2,1-3H3,(H,32,37)(H,35,36). The van der Waals surface area contributed by atoms with Crippen LogP contribution in [0.4, 0.5) is 14.5 Å². The fourth-order valence-corrected chi connectivity index (χ4v) is 5.78. The second-order valence-electron chi connectivity index (χ2n) is 10.7. The smallest absolute Gasteiger partial charge is 0.387 e. The molecule has 1 aromatic carbocycles. The van der Waals surface area contributed by atoms with Crippen LogP contribution < -0.4 is 10.1 Å². The maximum atomic E-state index is 14.0. The molecule has 214 valence electrons. The number of aromatic nitrogens is 2. The highest BCUT2D eigenvalue weighted by molar-refractivity contribution is 6.30. The number of carboxylic acids is 1. The number of aliphatic carboxylic acids is 1. The van der Waals surface area contributed by atoms with Crippen LogP contribution in [0.25, 0.3) is 0 Å². The van der Waals surface area contributed by atoms with Gasteiger partial charge in [0.15, 0.2) is 5.75 Å². The van der Waals surface area contributed by atoms with E-state index in [1.807, 2.05) is 19.9 Å². The number of carbonyl (C=O) groups excluding carboxylic acids is 1. The van der Waals surface area contributed by atoms with Gasteiger partial charge in [-0.05, 0) is 55.7 Å². The molecular formula is C27H35ClF2N4O5. The molecule has 1 amide bonds. The first-order valence-electron chi connectivity index (χ1n) is 13.1. The molecule has 0 radical (unpaired) electrons. The highest BCUT2D eigenvalue weighted by Gasteiger charge is 2.47. The fourth-order valence-electron chi connectivity index (χ4n) is 5.61. The minimum Gasteiger partial charge on any atom is -0.481 e. The Morgan fingerprint density at radius 2 is 1.92 bits per heavy atom. The topological polar surface area (TPSA) is 106 Å². The Hall–Kier alpha value is -2.76. The Kier molecular flexibility index (Phi) is 9.13. The van der Waals surface area contributed by atoms with Crippen LogP contribution >= 0.6 is 11.6 Å². The van der Waals surface area contributed by atoms with Crippen molar-refractivity contribution in [1.29, 1.82) is 0 Å². The van der Waals surface area contributed by atoms with Gasteiger partial charge in [-0.15, -0.1) is 0 Å². The Balaban J connectivity index is 1.57. The third-order valence-corrected chi connectivity index (χ3v) is 8.22. The number of amides is 1. The summed E-state index contributed by atoms with van der Waals surface area (Å²) < 4.78 is 37.8. The maximum absolute atomic E-state index is 14.0. The molecule has 1 saturated carbocycles. The lowest BCUT2D eigenvalue weighted by molar-refractivity contribution is -0.149.